The maximum absolute atomic E-state index is 15.2. The van der Waals surface area contributed by atoms with Gasteiger partial charge in [0.05, 0.1) is 17.6 Å². The summed E-state index contributed by atoms with van der Waals surface area (Å²) in [6, 6.07) is 5.30. The standard InChI is InChI=1S/C27H34ClFN8/c1-6-17(3)31-19(5)15-37-9-7-20(8-10-37)21-13-23(29)24(11-16(21)2)32-27-30-14-22(28)26(34-27)33-25-12-18(4)35-36-25/h11-15,20H,6-10H2,1-5H3,(H3,30,32,33,34,35,36)/b19-15+,31-17?. The maximum atomic E-state index is 15.2. The topological polar surface area (TPSA) is 94.1 Å². The normalized spacial score (nSPS) is 15.3. The van der Waals surface area contributed by atoms with E-state index in [1.54, 1.807) is 6.07 Å². The second kappa shape index (κ2) is 11.7. The molecule has 3 heterocycles. The van der Waals surface area contributed by atoms with Crippen LogP contribution in [0.15, 0.2) is 41.3 Å². The van der Waals surface area contributed by atoms with E-state index in [1.807, 2.05) is 32.9 Å². The minimum Gasteiger partial charge on any atom is -0.376 e. The molecule has 0 radical (unpaired) electrons. The molecule has 1 aliphatic rings. The van der Waals surface area contributed by atoms with Gasteiger partial charge < -0.3 is 15.5 Å². The smallest absolute Gasteiger partial charge is 0.229 e. The van der Waals surface area contributed by atoms with Crippen LogP contribution in [0.5, 0.6) is 0 Å². The number of piperidine rings is 1. The number of benzene rings is 1. The molecule has 1 saturated heterocycles. The molecule has 37 heavy (non-hydrogen) atoms. The number of nitrogens with one attached hydrogen (secondary N) is 3. The van der Waals surface area contributed by atoms with E-state index >= 15 is 4.39 Å². The van der Waals surface area contributed by atoms with Crippen LogP contribution in [0.2, 0.25) is 5.02 Å². The minimum atomic E-state index is -0.334. The Bertz CT molecular complexity index is 1310. The lowest BCUT2D eigenvalue weighted by molar-refractivity contribution is 0.282. The van der Waals surface area contributed by atoms with Crippen molar-refractivity contribution in [3.63, 3.8) is 0 Å². The van der Waals surface area contributed by atoms with Gasteiger partial charge in [0.2, 0.25) is 5.95 Å². The second-order valence-corrected chi connectivity index (χ2v) is 9.95. The van der Waals surface area contributed by atoms with Crippen molar-refractivity contribution in [2.24, 2.45) is 4.99 Å². The van der Waals surface area contributed by atoms with Gasteiger partial charge in [0.15, 0.2) is 11.6 Å². The highest BCUT2D eigenvalue weighted by atomic mass is 35.5. The highest BCUT2D eigenvalue weighted by Crippen LogP contribution is 2.34. The summed E-state index contributed by atoms with van der Waals surface area (Å²) in [6.07, 6.45) is 6.50. The summed E-state index contributed by atoms with van der Waals surface area (Å²) in [7, 11) is 0. The summed E-state index contributed by atoms with van der Waals surface area (Å²) in [5.41, 5.74) is 5.47. The summed E-state index contributed by atoms with van der Waals surface area (Å²) in [5.74, 6) is 1.18. The van der Waals surface area contributed by atoms with Gasteiger partial charge in [0.1, 0.15) is 10.8 Å². The van der Waals surface area contributed by atoms with Gasteiger partial charge in [-0.15, -0.1) is 0 Å². The van der Waals surface area contributed by atoms with Crippen molar-refractivity contribution in [2.75, 3.05) is 23.7 Å². The number of allylic oxidation sites excluding steroid dienone is 1. The third kappa shape index (κ3) is 6.85. The number of rotatable bonds is 8. The number of aryl methyl sites for hydroxylation is 2. The molecule has 1 aliphatic heterocycles. The fraction of sp³-hybridized carbons (Fsp3) is 0.407. The van der Waals surface area contributed by atoms with Crippen LogP contribution in [0.1, 0.15) is 62.8 Å². The second-order valence-electron chi connectivity index (χ2n) is 9.55. The van der Waals surface area contributed by atoms with E-state index in [0.717, 1.165) is 60.6 Å². The Morgan fingerprint density at radius 2 is 1.97 bits per heavy atom. The van der Waals surface area contributed by atoms with Crippen LogP contribution in [0.4, 0.5) is 27.7 Å². The highest BCUT2D eigenvalue weighted by Gasteiger charge is 2.22. The van der Waals surface area contributed by atoms with Gasteiger partial charge in [-0.25, -0.2) is 9.37 Å². The predicted octanol–water partition coefficient (Wildman–Crippen LogP) is 7.01. The molecule has 8 nitrogen and oxygen atoms in total. The van der Waals surface area contributed by atoms with Crippen molar-refractivity contribution in [3.8, 4) is 0 Å². The Labute approximate surface area is 222 Å². The van der Waals surface area contributed by atoms with Gasteiger partial charge in [-0.3, -0.25) is 10.1 Å². The van der Waals surface area contributed by atoms with Crippen LogP contribution in [0, 0.1) is 19.7 Å². The molecule has 0 spiro atoms. The highest BCUT2D eigenvalue weighted by molar-refractivity contribution is 6.32. The largest absolute Gasteiger partial charge is 0.376 e. The third-order valence-corrected chi connectivity index (χ3v) is 6.79. The van der Waals surface area contributed by atoms with Crippen LogP contribution < -0.4 is 10.6 Å². The molecule has 0 bridgehead atoms. The molecule has 0 unspecified atom stereocenters. The SMILES string of the molecule is CCC(C)=N/C(C)=C/N1CCC(c2cc(F)c(Nc3ncc(Cl)c(Nc4cc(C)[nH]n4)n3)cc2C)CC1. The molecule has 0 amide bonds. The summed E-state index contributed by atoms with van der Waals surface area (Å²) in [5, 5.41) is 13.4. The summed E-state index contributed by atoms with van der Waals surface area (Å²) in [4.78, 5) is 15.5. The van der Waals surface area contributed by atoms with Crippen LogP contribution in [-0.4, -0.2) is 43.9 Å². The Hall–Kier alpha value is -3.46. The molecule has 10 heteroatoms. The average Bonchev–Trinajstić information content (AvgIpc) is 3.28. The van der Waals surface area contributed by atoms with E-state index in [4.69, 9.17) is 11.6 Å². The molecule has 196 valence electrons. The minimum absolute atomic E-state index is 0.238. The van der Waals surface area contributed by atoms with Gasteiger partial charge in [0.25, 0.3) is 0 Å². The number of nitrogens with zero attached hydrogens (tertiary/aromatic N) is 5. The fourth-order valence-corrected chi connectivity index (χ4v) is 4.62. The van der Waals surface area contributed by atoms with E-state index < -0.39 is 0 Å². The number of halogens is 2. The quantitative estimate of drug-likeness (QED) is 0.274. The monoisotopic (exact) mass is 524 g/mol. The Morgan fingerprint density at radius 3 is 2.65 bits per heavy atom. The molecule has 0 atom stereocenters. The van der Waals surface area contributed by atoms with Gasteiger partial charge in [-0.1, -0.05) is 18.5 Å². The van der Waals surface area contributed by atoms with Crippen molar-refractivity contribution >= 4 is 40.6 Å². The molecule has 1 aromatic carbocycles. The number of H-pyrrole nitrogens is 1. The summed E-state index contributed by atoms with van der Waals surface area (Å²) in [6.45, 7) is 12.0. The zero-order chi connectivity index (χ0) is 26.5. The number of anilines is 4. The van der Waals surface area contributed by atoms with Crippen LogP contribution >= 0.6 is 11.6 Å². The van der Waals surface area contributed by atoms with Crippen molar-refractivity contribution in [1.29, 1.82) is 0 Å². The molecule has 3 aromatic rings. The summed E-state index contributed by atoms with van der Waals surface area (Å²) < 4.78 is 15.2. The lowest BCUT2D eigenvalue weighted by atomic mass is 9.86. The van der Waals surface area contributed by atoms with Gasteiger partial charge in [-0.05, 0) is 76.1 Å². The van der Waals surface area contributed by atoms with Gasteiger partial charge in [0, 0.05) is 36.8 Å². The van der Waals surface area contributed by atoms with Crippen molar-refractivity contribution < 1.29 is 4.39 Å². The number of aromatic nitrogens is 4. The first kappa shape index (κ1) is 26.6. The van der Waals surface area contributed by atoms with E-state index in [9.17, 15) is 0 Å². The van der Waals surface area contributed by atoms with Crippen molar-refractivity contribution in [2.45, 2.75) is 59.8 Å². The first-order chi connectivity index (χ1) is 17.7. The maximum Gasteiger partial charge on any atom is 0.229 e. The molecule has 2 aromatic heterocycles. The van der Waals surface area contributed by atoms with Crippen molar-refractivity contribution in [1.82, 2.24) is 25.1 Å². The Kier molecular flexibility index (Phi) is 8.43. The lowest BCUT2D eigenvalue weighted by Crippen LogP contribution is -2.29. The van der Waals surface area contributed by atoms with Crippen LogP contribution in [0.25, 0.3) is 0 Å². The lowest BCUT2D eigenvalue weighted by Gasteiger charge is -2.32. The van der Waals surface area contributed by atoms with Crippen LogP contribution in [-0.2, 0) is 0 Å². The molecule has 4 rings (SSSR count). The fourth-order valence-electron chi connectivity index (χ4n) is 4.48. The van der Waals surface area contributed by atoms with E-state index in [2.05, 4.69) is 60.7 Å². The first-order valence-corrected chi connectivity index (χ1v) is 12.9. The molecular weight excluding hydrogens is 491 g/mol. The van der Waals surface area contributed by atoms with E-state index in [0.29, 0.717) is 28.3 Å². The average molecular weight is 525 g/mol. The van der Waals surface area contributed by atoms with Gasteiger partial charge >= 0.3 is 0 Å². The molecule has 0 saturated carbocycles. The number of likely N-dealkylation sites (tertiary alicyclic amines) is 1. The third-order valence-electron chi connectivity index (χ3n) is 6.52. The first-order valence-electron chi connectivity index (χ1n) is 12.6. The molecular formula is C27H34ClFN8. The zero-order valence-corrected chi connectivity index (χ0v) is 22.7. The molecule has 0 aliphatic carbocycles. The Balaban J connectivity index is 1.43. The number of aromatic amines is 1. The summed E-state index contributed by atoms with van der Waals surface area (Å²) >= 11 is 6.25. The number of aliphatic imine (C=N–C) groups is 1. The van der Waals surface area contributed by atoms with Crippen LogP contribution in [0.3, 0.4) is 0 Å². The van der Waals surface area contributed by atoms with Gasteiger partial charge in [-0.2, -0.15) is 10.1 Å². The van der Waals surface area contributed by atoms with Crippen molar-refractivity contribution in [3.05, 3.63) is 64.0 Å². The van der Waals surface area contributed by atoms with E-state index in [-0.39, 0.29) is 11.8 Å². The predicted molar refractivity (Wildman–Crippen MR) is 149 cm³/mol. The molecule has 3 N–H and O–H groups in total. The Morgan fingerprint density at radius 1 is 1.22 bits per heavy atom. The molecule has 1 fully saturated rings. The number of hydrogen-bond acceptors (Lipinski definition) is 7. The number of hydrogen-bond donors (Lipinski definition) is 3. The van der Waals surface area contributed by atoms with E-state index in [1.165, 1.54) is 6.20 Å². The zero-order valence-electron chi connectivity index (χ0n) is 22.0.